The highest BCUT2D eigenvalue weighted by Gasteiger charge is 1.91. The molecular formula is C5H9N3O2. The molecule has 1 rings (SSSR count). The summed E-state index contributed by atoms with van der Waals surface area (Å²) in [6, 6.07) is 0. The van der Waals surface area contributed by atoms with Crippen LogP contribution in [0.25, 0.3) is 0 Å². The van der Waals surface area contributed by atoms with Gasteiger partial charge in [0.05, 0.1) is 0 Å². The summed E-state index contributed by atoms with van der Waals surface area (Å²) in [5, 5.41) is 0. The second-order valence-electron chi connectivity index (χ2n) is 1.77. The molecule has 0 spiro atoms. The normalized spacial score (nSPS) is 8.50. The minimum Gasteiger partial charge on any atom is -0.412 e. The van der Waals surface area contributed by atoms with Gasteiger partial charge in [-0.25, -0.2) is 4.79 Å². The van der Waals surface area contributed by atoms with E-state index in [2.05, 4.69) is 9.97 Å². The van der Waals surface area contributed by atoms with Gasteiger partial charge in [0.1, 0.15) is 5.82 Å². The standard InChI is InChI=1S/C5H7N3O.H2O/c1-3-2-7-5(9)8-4(3)6;/h2H,1H3,(H3,6,7,8,9);1H2. The van der Waals surface area contributed by atoms with Gasteiger partial charge in [-0.2, -0.15) is 4.98 Å². The van der Waals surface area contributed by atoms with Crippen molar-refractivity contribution in [2.24, 2.45) is 0 Å². The molecule has 1 heterocycles. The van der Waals surface area contributed by atoms with E-state index >= 15 is 0 Å². The molecule has 1 aromatic heterocycles. The number of nitrogens with one attached hydrogen (secondary N) is 1. The van der Waals surface area contributed by atoms with Crippen molar-refractivity contribution >= 4 is 5.82 Å². The number of aromatic amines is 1. The highest BCUT2D eigenvalue weighted by molar-refractivity contribution is 5.34. The molecule has 10 heavy (non-hydrogen) atoms. The van der Waals surface area contributed by atoms with Crippen LogP contribution in [0.2, 0.25) is 0 Å². The van der Waals surface area contributed by atoms with E-state index in [1.165, 1.54) is 6.20 Å². The Morgan fingerprint density at radius 3 is 2.70 bits per heavy atom. The zero-order chi connectivity index (χ0) is 6.85. The van der Waals surface area contributed by atoms with Crippen LogP contribution in [0.5, 0.6) is 0 Å². The number of aryl methyl sites for hydroxylation is 1. The summed E-state index contributed by atoms with van der Waals surface area (Å²) >= 11 is 0. The van der Waals surface area contributed by atoms with E-state index in [0.717, 1.165) is 5.56 Å². The summed E-state index contributed by atoms with van der Waals surface area (Å²) in [6.45, 7) is 1.78. The quantitative estimate of drug-likeness (QED) is 0.478. The zero-order valence-corrected chi connectivity index (χ0v) is 5.51. The van der Waals surface area contributed by atoms with Crippen molar-refractivity contribution in [3.63, 3.8) is 0 Å². The number of anilines is 1. The molecule has 0 aliphatic heterocycles. The van der Waals surface area contributed by atoms with Crippen molar-refractivity contribution in [1.29, 1.82) is 0 Å². The fourth-order valence-electron chi connectivity index (χ4n) is 0.474. The third-order valence-electron chi connectivity index (χ3n) is 1.04. The van der Waals surface area contributed by atoms with E-state index in [-0.39, 0.29) is 5.48 Å². The molecule has 0 fully saturated rings. The molecule has 0 amide bonds. The largest absolute Gasteiger partial charge is 0.412 e. The molecule has 0 aromatic carbocycles. The van der Waals surface area contributed by atoms with Crippen LogP contribution in [0, 0.1) is 6.92 Å². The van der Waals surface area contributed by atoms with Crippen LogP contribution in [-0.2, 0) is 0 Å². The number of aromatic nitrogens is 2. The van der Waals surface area contributed by atoms with Crippen LogP contribution in [-0.4, -0.2) is 15.4 Å². The maximum Gasteiger partial charge on any atom is 0.346 e. The van der Waals surface area contributed by atoms with Crippen molar-refractivity contribution in [3.05, 3.63) is 22.2 Å². The molecule has 0 unspecified atom stereocenters. The molecule has 56 valence electrons. The number of hydrogen-bond donors (Lipinski definition) is 2. The number of nitrogens with zero attached hydrogens (tertiary/aromatic N) is 1. The van der Waals surface area contributed by atoms with Crippen LogP contribution < -0.4 is 11.4 Å². The second kappa shape index (κ2) is 2.98. The van der Waals surface area contributed by atoms with Gasteiger partial charge in [0.2, 0.25) is 0 Å². The Balaban J connectivity index is 0.000000810. The highest BCUT2D eigenvalue weighted by atomic mass is 16.1. The monoisotopic (exact) mass is 143 g/mol. The summed E-state index contributed by atoms with van der Waals surface area (Å²) in [5.41, 5.74) is 5.67. The number of nitrogens with two attached hydrogens (primary N) is 1. The molecule has 0 aliphatic rings. The Morgan fingerprint density at radius 1 is 1.70 bits per heavy atom. The summed E-state index contributed by atoms with van der Waals surface area (Å²) < 4.78 is 0. The minimum absolute atomic E-state index is 0. The van der Waals surface area contributed by atoms with Gasteiger partial charge in [0, 0.05) is 11.8 Å². The van der Waals surface area contributed by atoms with Gasteiger partial charge in [-0.15, -0.1) is 0 Å². The van der Waals surface area contributed by atoms with E-state index in [1.807, 2.05) is 0 Å². The Kier molecular flexibility index (Phi) is 2.57. The lowest BCUT2D eigenvalue weighted by Gasteiger charge is -1.92. The molecular weight excluding hydrogens is 134 g/mol. The van der Waals surface area contributed by atoms with Gasteiger partial charge in [-0.05, 0) is 6.92 Å². The lowest BCUT2D eigenvalue weighted by Crippen LogP contribution is -2.12. The van der Waals surface area contributed by atoms with Gasteiger partial charge >= 0.3 is 5.69 Å². The van der Waals surface area contributed by atoms with E-state index in [1.54, 1.807) is 6.92 Å². The number of hydrogen-bond acceptors (Lipinski definition) is 3. The molecule has 0 aliphatic carbocycles. The third-order valence-corrected chi connectivity index (χ3v) is 1.04. The molecule has 0 saturated heterocycles. The average molecular weight is 143 g/mol. The first-order chi connectivity index (χ1) is 4.20. The van der Waals surface area contributed by atoms with Crippen LogP contribution in [0.3, 0.4) is 0 Å². The second-order valence-corrected chi connectivity index (χ2v) is 1.77. The van der Waals surface area contributed by atoms with Crippen LogP contribution in [0.4, 0.5) is 5.82 Å². The van der Waals surface area contributed by atoms with Gasteiger partial charge in [-0.1, -0.05) is 0 Å². The number of nitrogen functional groups attached to an aromatic ring is 1. The Hall–Kier alpha value is -1.36. The Bertz CT molecular complexity index is 268. The van der Waals surface area contributed by atoms with E-state index < -0.39 is 5.69 Å². The summed E-state index contributed by atoms with van der Waals surface area (Å²) in [4.78, 5) is 16.2. The fourth-order valence-corrected chi connectivity index (χ4v) is 0.474. The zero-order valence-electron chi connectivity index (χ0n) is 5.51. The summed E-state index contributed by atoms with van der Waals surface area (Å²) in [6.07, 6.45) is 1.53. The van der Waals surface area contributed by atoms with Crippen LogP contribution >= 0.6 is 0 Å². The summed E-state index contributed by atoms with van der Waals surface area (Å²) in [7, 11) is 0. The Morgan fingerprint density at radius 2 is 2.30 bits per heavy atom. The smallest absolute Gasteiger partial charge is 0.346 e. The van der Waals surface area contributed by atoms with Crippen molar-refractivity contribution in [1.82, 2.24) is 9.97 Å². The first-order valence-electron chi connectivity index (χ1n) is 2.52. The molecule has 0 radical (unpaired) electrons. The van der Waals surface area contributed by atoms with Crippen LogP contribution in [0.15, 0.2) is 11.0 Å². The topological polar surface area (TPSA) is 103 Å². The molecule has 5 N–H and O–H groups in total. The van der Waals surface area contributed by atoms with Crippen molar-refractivity contribution in [2.45, 2.75) is 6.92 Å². The molecule has 0 saturated carbocycles. The van der Waals surface area contributed by atoms with Crippen molar-refractivity contribution < 1.29 is 5.48 Å². The van der Waals surface area contributed by atoms with Crippen LogP contribution in [0.1, 0.15) is 5.56 Å². The van der Waals surface area contributed by atoms with Gasteiger partial charge in [0.15, 0.2) is 0 Å². The minimum atomic E-state index is -0.405. The lowest BCUT2D eigenvalue weighted by atomic mass is 10.4. The Labute approximate surface area is 57.2 Å². The lowest BCUT2D eigenvalue weighted by molar-refractivity contribution is 0.824. The molecule has 5 heteroatoms. The number of H-pyrrole nitrogens is 1. The molecule has 1 aromatic rings. The maximum absolute atomic E-state index is 10.4. The molecule has 5 nitrogen and oxygen atoms in total. The third kappa shape index (κ3) is 1.56. The molecule has 0 bridgehead atoms. The maximum atomic E-state index is 10.4. The molecule has 0 atom stereocenters. The summed E-state index contributed by atoms with van der Waals surface area (Å²) in [5.74, 6) is 0.291. The predicted octanol–water partition coefficient (Wildman–Crippen LogP) is -1.16. The van der Waals surface area contributed by atoms with Crippen molar-refractivity contribution in [3.8, 4) is 0 Å². The van der Waals surface area contributed by atoms with E-state index in [4.69, 9.17) is 5.73 Å². The first kappa shape index (κ1) is 8.64. The highest BCUT2D eigenvalue weighted by Crippen LogP contribution is 1.97. The predicted molar refractivity (Wildman–Crippen MR) is 37.6 cm³/mol. The van der Waals surface area contributed by atoms with Crippen molar-refractivity contribution in [2.75, 3.05) is 5.73 Å². The average Bonchev–Trinajstić information content (AvgIpc) is 1.80. The van der Waals surface area contributed by atoms with E-state index in [9.17, 15) is 4.79 Å². The fraction of sp³-hybridized carbons (Fsp3) is 0.200. The SMILES string of the molecule is Cc1c[nH]c(=O)nc1N.O. The van der Waals surface area contributed by atoms with Gasteiger partial charge < -0.3 is 16.2 Å². The number of rotatable bonds is 0. The first-order valence-corrected chi connectivity index (χ1v) is 2.52. The van der Waals surface area contributed by atoms with E-state index in [0.29, 0.717) is 5.82 Å². The van der Waals surface area contributed by atoms with Gasteiger partial charge in [0.25, 0.3) is 0 Å². The van der Waals surface area contributed by atoms with Gasteiger partial charge in [-0.3, -0.25) is 0 Å².